The van der Waals surface area contributed by atoms with Gasteiger partial charge in [0.25, 0.3) is 0 Å². The number of aryl methyl sites for hydroxylation is 3. The number of carbonyl (C=O) groups is 1. The molecule has 3 aromatic rings. The number of ether oxygens (including phenoxy) is 1. The molecule has 6 nitrogen and oxygen atoms in total. The van der Waals surface area contributed by atoms with Crippen LogP contribution in [0.3, 0.4) is 0 Å². The van der Waals surface area contributed by atoms with Crippen LogP contribution >= 0.6 is 11.6 Å². The standard InChI is InChI=1S/C21H23ClN4O2/c1-13-10-18(25(4)23-13)19(27)8-6-16-7-9-20(28-5)17(11-16)12-26-15(3)21(22)14(2)24-26/h6-11H,12H2,1-5H3. The van der Waals surface area contributed by atoms with Crippen LogP contribution in [0.1, 0.15) is 38.7 Å². The zero-order chi connectivity index (χ0) is 20.4. The van der Waals surface area contributed by atoms with E-state index in [1.165, 1.54) is 0 Å². The summed E-state index contributed by atoms with van der Waals surface area (Å²) in [6, 6.07) is 7.57. The van der Waals surface area contributed by atoms with Gasteiger partial charge in [-0.1, -0.05) is 23.7 Å². The van der Waals surface area contributed by atoms with Crippen LogP contribution in [0, 0.1) is 20.8 Å². The fourth-order valence-electron chi connectivity index (χ4n) is 3.11. The minimum Gasteiger partial charge on any atom is -0.496 e. The van der Waals surface area contributed by atoms with E-state index in [0.29, 0.717) is 17.3 Å². The molecule has 0 atom stereocenters. The number of allylic oxidation sites excluding steroid dienone is 1. The Morgan fingerprint density at radius 1 is 1.21 bits per heavy atom. The van der Waals surface area contributed by atoms with Gasteiger partial charge in [-0.25, -0.2) is 0 Å². The molecule has 1 aromatic carbocycles. The normalized spacial score (nSPS) is 11.4. The number of hydrogen-bond donors (Lipinski definition) is 0. The lowest BCUT2D eigenvalue weighted by molar-refractivity contribution is 0.103. The number of rotatable bonds is 6. The average Bonchev–Trinajstić information content (AvgIpc) is 3.13. The molecule has 0 amide bonds. The molecule has 0 radical (unpaired) electrons. The van der Waals surface area contributed by atoms with E-state index in [0.717, 1.165) is 34.0 Å². The molecule has 2 heterocycles. The van der Waals surface area contributed by atoms with E-state index in [1.807, 2.05) is 43.7 Å². The Morgan fingerprint density at radius 2 is 1.96 bits per heavy atom. The molecule has 0 saturated carbocycles. The Balaban J connectivity index is 1.87. The lowest BCUT2D eigenvalue weighted by atomic mass is 10.1. The Morgan fingerprint density at radius 3 is 2.54 bits per heavy atom. The van der Waals surface area contributed by atoms with E-state index in [9.17, 15) is 4.79 Å². The van der Waals surface area contributed by atoms with E-state index in [2.05, 4.69) is 10.2 Å². The molecular weight excluding hydrogens is 376 g/mol. The van der Waals surface area contributed by atoms with Crippen LogP contribution in [0.5, 0.6) is 5.75 Å². The fraction of sp³-hybridized carbons (Fsp3) is 0.286. The molecule has 146 valence electrons. The molecule has 0 N–H and O–H groups in total. The number of carbonyl (C=O) groups excluding carboxylic acids is 1. The number of hydrogen-bond acceptors (Lipinski definition) is 4. The van der Waals surface area contributed by atoms with Crippen LogP contribution in [-0.4, -0.2) is 32.5 Å². The number of aromatic nitrogens is 4. The van der Waals surface area contributed by atoms with Crippen molar-refractivity contribution in [2.75, 3.05) is 7.11 Å². The third-order valence-corrected chi connectivity index (χ3v) is 5.15. The average molecular weight is 399 g/mol. The largest absolute Gasteiger partial charge is 0.496 e. The second-order valence-corrected chi connectivity index (χ2v) is 7.08. The van der Waals surface area contributed by atoms with Crippen molar-refractivity contribution in [2.24, 2.45) is 7.05 Å². The van der Waals surface area contributed by atoms with E-state index in [-0.39, 0.29) is 5.78 Å². The molecule has 3 rings (SSSR count). The molecule has 0 bridgehead atoms. The van der Waals surface area contributed by atoms with Crippen LogP contribution < -0.4 is 4.74 Å². The van der Waals surface area contributed by atoms with Gasteiger partial charge in [-0.05, 0) is 50.6 Å². The fourth-order valence-corrected chi connectivity index (χ4v) is 3.25. The van der Waals surface area contributed by atoms with E-state index in [4.69, 9.17) is 16.3 Å². The highest BCUT2D eigenvalue weighted by atomic mass is 35.5. The number of halogens is 1. The minimum absolute atomic E-state index is 0.0919. The molecule has 7 heteroatoms. The van der Waals surface area contributed by atoms with Crippen LogP contribution in [0.4, 0.5) is 0 Å². The van der Waals surface area contributed by atoms with E-state index in [1.54, 1.807) is 37.1 Å². The molecule has 2 aromatic heterocycles. The lowest BCUT2D eigenvalue weighted by Crippen LogP contribution is -2.06. The molecule has 28 heavy (non-hydrogen) atoms. The summed E-state index contributed by atoms with van der Waals surface area (Å²) in [4.78, 5) is 12.4. The molecule has 0 aliphatic carbocycles. The van der Waals surface area contributed by atoms with Gasteiger partial charge in [-0.2, -0.15) is 10.2 Å². The van der Waals surface area contributed by atoms with Crippen molar-refractivity contribution >= 4 is 23.5 Å². The topological polar surface area (TPSA) is 61.9 Å². The van der Waals surface area contributed by atoms with Gasteiger partial charge in [0.2, 0.25) is 5.78 Å². The maximum Gasteiger partial charge on any atom is 0.203 e. The van der Waals surface area contributed by atoms with Crippen molar-refractivity contribution in [3.8, 4) is 5.75 Å². The third kappa shape index (κ3) is 4.02. The highest BCUT2D eigenvalue weighted by molar-refractivity contribution is 6.31. The summed E-state index contributed by atoms with van der Waals surface area (Å²) in [5.41, 5.74) is 4.93. The van der Waals surface area contributed by atoms with Crippen LogP contribution in [0.25, 0.3) is 6.08 Å². The highest BCUT2D eigenvalue weighted by Crippen LogP contribution is 2.25. The Bertz CT molecular complexity index is 1060. The Kier molecular flexibility index (Phi) is 5.70. The van der Waals surface area contributed by atoms with Crippen molar-refractivity contribution in [3.63, 3.8) is 0 Å². The number of methoxy groups -OCH3 is 1. The van der Waals surface area contributed by atoms with Crippen LogP contribution in [0.15, 0.2) is 30.3 Å². The summed E-state index contributed by atoms with van der Waals surface area (Å²) in [5.74, 6) is 0.667. The van der Waals surface area contributed by atoms with Crippen molar-refractivity contribution in [1.29, 1.82) is 0 Å². The van der Waals surface area contributed by atoms with Gasteiger partial charge < -0.3 is 4.74 Å². The quantitative estimate of drug-likeness (QED) is 0.462. The first-order chi connectivity index (χ1) is 13.3. The summed E-state index contributed by atoms with van der Waals surface area (Å²) in [5, 5.41) is 9.37. The minimum atomic E-state index is -0.0919. The molecular formula is C21H23ClN4O2. The zero-order valence-corrected chi connectivity index (χ0v) is 17.4. The number of benzene rings is 1. The summed E-state index contributed by atoms with van der Waals surface area (Å²) in [6.07, 6.45) is 3.35. The summed E-state index contributed by atoms with van der Waals surface area (Å²) < 4.78 is 8.93. The molecule has 0 unspecified atom stereocenters. The van der Waals surface area contributed by atoms with Gasteiger partial charge >= 0.3 is 0 Å². The first-order valence-electron chi connectivity index (χ1n) is 8.89. The van der Waals surface area contributed by atoms with Crippen molar-refractivity contribution < 1.29 is 9.53 Å². The second kappa shape index (κ2) is 8.02. The van der Waals surface area contributed by atoms with Crippen molar-refractivity contribution in [3.05, 3.63) is 69.3 Å². The molecule has 0 aliphatic heterocycles. The predicted molar refractivity (Wildman–Crippen MR) is 110 cm³/mol. The summed E-state index contributed by atoms with van der Waals surface area (Å²) in [7, 11) is 3.40. The number of ketones is 1. The van der Waals surface area contributed by atoms with Crippen molar-refractivity contribution in [1.82, 2.24) is 19.6 Å². The Labute approximate surface area is 169 Å². The SMILES string of the molecule is COc1ccc(C=CC(=O)c2cc(C)nn2C)cc1Cn1nc(C)c(Cl)c1C. The second-order valence-electron chi connectivity index (χ2n) is 6.71. The number of nitrogens with zero attached hydrogens (tertiary/aromatic N) is 4. The third-order valence-electron chi connectivity index (χ3n) is 4.60. The van der Waals surface area contributed by atoms with E-state index < -0.39 is 0 Å². The van der Waals surface area contributed by atoms with Gasteiger partial charge in [-0.15, -0.1) is 0 Å². The molecule has 0 saturated heterocycles. The van der Waals surface area contributed by atoms with Gasteiger partial charge in [0.05, 0.1) is 35.8 Å². The van der Waals surface area contributed by atoms with Gasteiger partial charge in [0.1, 0.15) is 11.4 Å². The predicted octanol–water partition coefficient (Wildman–Crippen LogP) is 4.15. The maximum absolute atomic E-state index is 12.4. The van der Waals surface area contributed by atoms with Gasteiger partial charge in [-0.3, -0.25) is 14.2 Å². The first-order valence-corrected chi connectivity index (χ1v) is 9.27. The maximum atomic E-state index is 12.4. The van der Waals surface area contributed by atoms with E-state index >= 15 is 0 Å². The zero-order valence-electron chi connectivity index (χ0n) is 16.7. The lowest BCUT2D eigenvalue weighted by Gasteiger charge is -2.11. The molecule has 0 aliphatic rings. The summed E-state index contributed by atoms with van der Waals surface area (Å²) in [6.45, 7) is 6.21. The molecule has 0 spiro atoms. The molecule has 0 fully saturated rings. The van der Waals surface area contributed by atoms with Crippen LogP contribution in [-0.2, 0) is 13.6 Å². The van der Waals surface area contributed by atoms with Crippen molar-refractivity contribution in [2.45, 2.75) is 27.3 Å². The van der Waals surface area contributed by atoms with Crippen LogP contribution in [0.2, 0.25) is 5.02 Å². The highest BCUT2D eigenvalue weighted by Gasteiger charge is 2.13. The smallest absolute Gasteiger partial charge is 0.203 e. The first kappa shape index (κ1) is 19.9. The summed E-state index contributed by atoms with van der Waals surface area (Å²) >= 11 is 6.26. The monoisotopic (exact) mass is 398 g/mol. The van der Waals surface area contributed by atoms with Gasteiger partial charge in [0.15, 0.2) is 0 Å². The van der Waals surface area contributed by atoms with Gasteiger partial charge in [0, 0.05) is 12.6 Å². The Hall–Kier alpha value is -2.86.